The third-order valence-corrected chi connectivity index (χ3v) is 4.42. The molecule has 0 radical (unpaired) electrons. The molecule has 3 aromatic heterocycles. The standard InChI is InChI=1S/C20H20N6O/c1-24(2)19(27)13-25-10-8-15-11-16(6-7-18(15)25)20-22-14-26(23-20)12-17-5-3-4-9-21-17/h3-11,14H,12-13H2,1-2H3. The van der Waals surface area contributed by atoms with Gasteiger partial charge in [-0.05, 0) is 36.4 Å². The number of likely N-dealkylation sites (N-methyl/N-ethyl adjacent to an activating group) is 1. The Kier molecular flexibility index (Phi) is 4.42. The topological polar surface area (TPSA) is 68.8 Å². The zero-order valence-electron chi connectivity index (χ0n) is 15.3. The molecule has 0 spiro atoms. The number of hydrogen-bond acceptors (Lipinski definition) is 4. The Morgan fingerprint density at radius 3 is 2.78 bits per heavy atom. The van der Waals surface area contributed by atoms with E-state index in [9.17, 15) is 4.79 Å². The number of carbonyl (C=O) groups excluding carboxylic acids is 1. The molecule has 0 bridgehead atoms. The minimum atomic E-state index is 0.0616. The van der Waals surface area contributed by atoms with Gasteiger partial charge < -0.3 is 9.47 Å². The van der Waals surface area contributed by atoms with Gasteiger partial charge in [0, 0.05) is 43.0 Å². The molecule has 1 amide bonds. The van der Waals surface area contributed by atoms with Crippen LogP contribution in [0.2, 0.25) is 0 Å². The number of carbonyl (C=O) groups is 1. The average Bonchev–Trinajstić information content (AvgIpc) is 3.29. The van der Waals surface area contributed by atoms with Crippen molar-refractivity contribution in [2.45, 2.75) is 13.1 Å². The van der Waals surface area contributed by atoms with Crippen LogP contribution in [0.5, 0.6) is 0 Å². The maximum Gasteiger partial charge on any atom is 0.241 e. The number of nitrogens with zero attached hydrogens (tertiary/aromatic N) is 6. The molecule has 3 heterocycles. The van der Waals surface area contributed by atoms with Gasteiger partial charge in [0.2, 0.25) is 5.91 Å². The predicted molar refractivity (Wildman–Crippen MR) is 103 cm³/mol. The summed E-state index contributed by atoms with van der Waals surface area (Å²) in [7, 11) is 3.53. The van der Waals surface area contributed by atoms with Crippen LogP contribution in [0.3, 0.4) is 0 Å². The fourth-order valence-corrected chi connectivity index (χ4v) is 2.92. The molecule has 27 heavy (non-hydrogen) atoms. The first-order valence-corrected chi connectivity index (χ1v) is 8.69. The van der Waals surface area contributed by atoms with Crippen molar-refractivity contribution in [3.63, 3.8) is 0 Å². The predicted octanol–water partition coefficient (Wildman–Crippen LogP) is 2.43. The van der Waals surface area contributed by atoms with E-state index in [2.05, 4.69) is 15.1 Å². The Morgan fingerprint density at radius 2 is 2.00 bits per heavy atom. The Bertz CT molecular complexity index is 1080. The summed E-state index contributed by atoms with van der Waals surface area (Å²) >= 11 is 0. The lowest BCUT2D eigenvalue weighted by atomic mass is 10.1. The second-order valence-corrected chi connectivity index (χ2v) is 6.59. The van der Waals surface area contributed by atoms with E-state index in [0.717, 1.165) is 22.2 Å². The molecule has 7 heteroatoms. The summed E-state index contributed by atoms with van der Waals surface area (Å²) in [6.07, 6.45) is 5.42. The van der Waals surface area contributed by atoms with Crippen LogP contribution in [0.4, 0.5) is 0 Å². The summed E-state index contributed by atoms with van der Waals surface area (Å²) < 4.78 is 3.73. The van der Waals surface area contributed by atoms with E-state index in [-0.39, 0.29) is 5.91 Å². The van der Waals surface area contributed by atoms with E-state index in [0.29, 0.717) is 18.9 Å². The van der Waals surface area contributed by atoms with Crippen LogP contribution < -0.4 is 0 Å². The molecule has 7 nitrogen and oxygen atoms in total. The molecule has 4 rings (SSSR count). The van der Waals surface area contributed by atoms with Gasteiger partial charge in [-0.3, -0.25) is 9.78 Å². The zero-order chi connectivity index (χ0) is 18.8. The van der Waals surface area contributed by atoms with Crippen molar-refractivity contribution in [2.24, 2.45) is 0 Å². The first kappa shape index (κ1) is 17.0. The maximum absolute atomic E-state index is 12.0. The molecule has 0 saturated heterocycles. The molecule has 0 atom stereocenters. The highest BCUT2D eigenvalue weighted by Crippen LogP contribution is 2.23. The summed E-state index contributed by atoms with van der Waals surface area (Å²) in [6, 6.07) is 13.9. The molecule has 1 aromatic carbocycles. The lowest BCUT2D eigenvalue weighted by Crippen LogP contribution is -2.25. The van der Waals surface area contributed by atoms with E-state index >= 15 is 0 Å². The highest BCUT2D eigenvalue weighted by molar-refractivity contribution is 5.86. The minimum absolute atomic E-state index is 0.0616. The van der Waals surface area contributed by atoms with E-state index in [1.54, 1.807) is 36.2 Å². The Morgan fingerprint density at radius 1 is 1.11 bits per heavy atom. The third kappa shape index (κ3) is 3.57. The number of pyridine rings is 1. The van der Waals surface area contributed by atoms with E-state index < -0.39 is 0 Å². The molecule has 0 unspecified atom stereocenters. The van der Waals surface area contributed by atoms with Crippen molar-refractivity contribution in [2.75, 3.05) is 14.1 Å². The summed E-state index contributed by atoms with van der Waals surface area (Å²) in [5.41, 5.74) is 2.90. The van der Waals surface area contributed by atoms with Crippen molar-refractivity contribution in [1.82, 2.24) is 29.2 Å². The fourth-order valence-electron chi connectivity index (χ4n) is 2.92. The van der Waals surface area contributed by atoms with Gasteiger partial charge in [-0.25, -0.2) is 9.67 Å². The molecule has 136 valence electrons. The van der Waals surface area contributed by atoms with Gasteiger partial charge in [0.25, 0.3) is 0 Å². The van der Waals surface area contributed by atoms with Gasteiger partial charge in [0.15, 0.2) is 5.82 Å². The smallest absolute Gasteiger partial charge is 0.241 e. The zero-order valence-corrected chi connectivity index (χ0v) is 15.3. The van der Waals surface area contributed by atoms with Gasteiger partial charge in [-0.1, -0.05) is 6.07 Å². The molecule has 0 saturated carbocycles. The second kappa shape index (κ2) is 7.03. The summed E-state index contributed by atoms with van der Waals surface area (Å²) in [6.45, 7) is 0.909. The first-order valence-electron chi connectivity index (χ1n) is 8.69. The van der Waals surface area contributed by atoms with Crippen LogP contribution in [0.1, 0.15) is 5.69 Å². The van der Waals surface area contributed by atoms with Crippen LogP contribution >= 0.6 is 0 Å². The molecule has 0 fully saturated rings. The highest BCUT2D eigenvalue weighted by atomic mass is 16.2. The Labute approximate surface area is 156 Å². The van der Waals surface area contributed by atoms with E-state index in [1.807, 2.05) is 53.2 Å². The summed E-state index contributed by atoms with van der Waals surface area (Å²) in [5.74, 6) is 0.733. The third-order valence-electron chi connectivity index (χ3n) is 4.42. The van der Waals surface area contributed by atoms with Crippen LogP contribution in [0, 0.1) is 0 Å². The van der Waals surface area contributed by atoms with Gasteiger partial charge >= 0.3 is 0 Å². The molecule has 0 aliphatic heterocycles. The molecule has 4 aromatic rings. The molecular weight excluding hydrogens is 340 g/mol. The number of benzene rings is 1. The van der Waals surface area contributed by atoms with E-state index in [1.165, 1.54) is 0 Å². The van der Waals surface area contributed by atoms with Gasteiger partial charge in [-0.15, -0.1) is 0 Å². The Hall–Kier alpha value is -3.48. The fraction of sp³-hybridized carbons (Fsp3) is 0.200. The van der Waals surface area contributed by atoms with Gasteiger partial charge in [0.05, 0.1) is 12.2 Å². The molecule has 0 aliphatic rings. The lowest BCUT2D eigenvalue weighted by Gasteiger charge is -2.11. The number of fused-ring (bicyclic) bond motifs is 1. The largest absolute Gasteiger partial charge is 0.347 e. The maximum atomic E-state index is 12.0. The first-order chi connectivity index (χ1) is 13.1. The monoisotopic (exact) mass is 360 g/mol. The quantitative estimate of drug-likeness (QED) is 0.548. The van der Waals surface area contributed by atoms with Crippen LogP contribution in [-0.4, -0.2) is 49.2 Å². The highest BCUT2D eigenvalue weighted by Gasteiger charge is 2.10. The molecule has 0 aliphatic carbocycles. The van der Waals surface area contributed by atoms with Crippen molar-refractivity contribution in [3.8, 4) is 11.4 Å². The van der Waals surface area contributed by atoms with Gasteiger partial charge in [-0.2, -0.15) is 5.10 Å². The van der Waals surface area contributed by atoms with Gasteiger partial charge in [0.1, 0.15) is 12.9 Å². The van der Waals surface area contributed by atoms with Crippen LogP contribution in [0.25, 0.3) is 22.3 Å². The number of rotatable bonds is 5. The Balaban J connectivity index is 1.57. The van der Waals surface area contributed by atoms with Crippen LogP contribution in [0.15, 0.2) is 61.2 Å². The van der Waals surface area contributed by atoms with Crippen molar-refractivity contribution >= 4 is 16.8 Å². The average molecular weight is 360 g/mol. The van der Waals surface area contributed by atoms with Crippen LogP contribution in [-0.2, 0) is 17.9 Å². The van der Waals surface area contributed by atoms with Crippen molar-refractivity contribution < 1.29 is 4.79 Å². The molecular formula is C20H20N6O. The summed E-state index contributed by atoms with van der Waals surface area (Å²) in [4.78, 5) is 22.3. The van der Waals surface area contributed by atoms with E-state index in [4.69, 9.17) is 0 Å². The SMILES string of the molecule is CN(C)C(=O)Cn1ccc2cc(-c3ncn(Cc4ccccn4)n3)ccc21. The minimum Gasteiger partial charge on any atom is -0.347 e. The summed E-state index contributed by atoms with van der Waals surface area (Å²) in [5, 5.41) is 5.61. The number of aromatic nitrogens is 5. The number of amides is 1. The second-order valence-electron chi connectivity index (χ2n) is 6.59. The van der Waals surface area contributed by atoms with Crippen molar-refractivity contribution in [1.29, 1.82) is 0 Å². The lowest BCUT2D eigenvalue weighted by molar-refractivity contribution is -0.129. The van der Waals surface area contributed by atoms with Crippen molar-refractivity contribution in [3.05, 3.63) is 66.9 Å². The number of hydrogen-bond donors (Lipinski definition) is 0. The normalized spacial score (nSPS) is 11.0. The molecule has 0 N–H and O–H groups in total.